The van der Waals surface area contributed by atoms with E-state index in [2.05, 4.69) is 4.98 Å². The molecule has 0 aromatic carbocycles. The molecule has 5 nitrogen and oxygen atoms in total. The predicted molar refractivity (Wildman–Crippen MR) is 72.9 cm³/mol. The first-order valence-corrected chi connectivity index (χ1v) is 6.63. The molecule has 6 heteroatoms. The Kier molecular flexibility index (Phi) is 3.96. The van der Waals surface area contributed by atoms with Crippen molar-refractivity contribution in [3.05, 3.63) is 22.8 Å². The summed E-state index contributed by atoms with van der Waals surface area (Å²) in [4.78, 5) is 17.0. The molecular formula is C13H17ClN2O3. The zero-order valence-corrected chi connectivity index (χ0v) is 11.5. The van der Waals surface area contributed by atoms with Crippen molar-refractivity contribution in [3.63, 3.8) is 0 Å². The summed E-state index contributed by atoms with van der Waals surface area (Å²) in [6.45, 7) is 3.25. The number of hydrogen-bond acceptors (Lipinski definition) is 4. The number of nitrogens with zero attached hydrogens (tertiary/aromatic N) is 2. The number of halogens is 1. The molecule has 1 atom stereocenters. The lowest BCUT2D eigenvalue weighted by Crippen LogP contribution is -2.29. The van der Waals surface area contributed by atoms with E-state index in [0.29, 0.717) is 23.8 Å². The largest absolute Gasteiger partial charge is 0.478 e. The van der Waals surface area contributed by atoms with E-state index in [1.807, 2.05) is 11.8 Å². The number of aromatic carboxylic acids is 1. The Bertz CT molecular complexity index is 491. The predicted octanol–water partition coefficient (Wildman–Crippen LogP) is 2.17. The van der Waals surface area contributed by atoms with E-state index in [4.69, 9.17) is 16.7 Å². The summed E-state index contributed by atoms with van der Waals surface area (Å²) in [5, 5.41) is 19.3. The van der Waals surface area contributed by atoms with E-state index < -0.39 is 11.6 Å². The number of hydrogen-bond donors (Lipinski definition) is 2. The Morgan fingerprint density at radius 1 is 1.47 bits per heavy atom. The van der Waals surface area contributed by atoms with Crippen molar-refractivity contribution in [1.82, 2.24) is 4.98 Å². The van der Waals surface area contributed by atoms with Crippen LogP contribution in [0.2, 0.25) is 5.02 Å². The van der Waals surface area contributed by atoms with Gasteiger partial charge in [-0.15, -0.1) is 0 Å². The van der Waals surface area contributed by atoms with Gasteiger partial charge in [-0.3, -0.25) is 0 Å². The number of pyridine rings is 1. The maximum absolute atomic E-state index is 10.8. The highest BCUT2D eigenvalue weighted by atomic mass is 35.5. The van der Waals surface area contributed by atoms with Gasteiger partial charge in [0.05, 0.1) is 16.2 Å². The van der Waals surface area contributed by atoms with Crippen LogP contribution in [0.25, 0.3) is 0 Å². The van der Waals surface area contributed by atoms with Crippen LogP contribution in [0.4, 0.5) is 5.82 Å². The van der Waals surface area contributed by atoms with Crippen LogP contribution in [-0.4, -0.2) is 39.9 Å². The SMILES string of the molecule is CC1(O)CCCN(c2ncc(C(=O)O)cc2Cl)CC1. The third-order valence-electron chi connectivity index (χ3n) is 3.43. The maximum atomic E-state index is 10.8. The minimum atomic E-state index is -1.04. The Morgan fingerprint density at radius 3 is 2.84 bits per heavy atom. The average molecular weight is 285 g/mol. The summed E-state index contributed by atoms with van der Waals surface area (Å²) in [5.74, 6) is -0.455. The van der Waals surface area contributed by atoms with Crippen molar-refractivity contribution in [2.24, 2.45) is 0 Å². The molecule has 2 rings (SSSR count). The van der Waals surface area contributed by atoms with E-state index in [0.717, 1.165) is 19.4 Å². The second-order valence-corrected chi connectivity index (χ2v) is 5.58. The number of anilines is 1. The fourth-order valence-electron chi connectivity index (χ4n) is 2.26. The molecule has 1 aromatic rings. The number of rotatable bonds is 2. The standard InChI is InChI=1S/C13H17ClN2O3/c1-13(19)3-2-5-16(6-4-13)11-10(14)7-9(8-15-11)12(17)18/h7-8,19H,2-6H2,1H3,(H,17,18). The maximum Gasteiger partial charge on any atom is 0.337 e. The first-order valence-electron chi connectivity index (χ1n) is 6.25. The van der Waals surface area contributed by atoms with Crippen LogP contribution in [0.1, 0.15) is 36.5 Å². The van der Waals surface area contributed by atoms with Crippen LogP contribution in [0, 0.1) is 0 Å². The Morgan fingerprint density at radius 2 is 2.21 bits per heavy atom. The van der Waals surface area contributed by atoms with Gasteiger partial charge in [0.15, 0.2) is 0 Å². The molecule has 19 heavy (non-hydrogen) atoms. The van der Waals surface area contributed by atoms with E-state index in [9.17, 15) is 9.90 Å². The molecule has 1 aliphatic heterocycles. The van der Waals surface area contributed by atoms with Gasteiger partial charge in [-0.2, -0.15) is 0 Å². The lowest BCUT2D eigenvalue weighted by Gasteiger charge is -2.24. The fourth-order valence-corrected chi connectivity index (χ4v) is 2.54. The minimum absolute atomic E-state index is 0.0792. The van der Waals surface area contributed by atoms with Gasteiger partial charge in [-0.05, 0) is 32.3 Å². The van der Waals surface area contributed by atoms with Crippen LogP contribution in [0.5, 0.6) is 0 Å². The highest BCUT2D eigenvalue weighted by molar-refractivity contribution is 6.33. The Balaban J connectivity index is 2.20. The average Bonchev–Trinajstić information content (AvgIpc) is 2.50. The Labute approximate surface area is 116 Å². The molecule has 0 bridgehead atoms. The number of carboxylic acid groups (broad SMARTS) is 1. The summed E-state index contributed by atoms with van der Waals surface area (Å²) in [5.41, 5.74) is -0.571. The molecule has 1 aromatic heterocycles. The van der Waals surface area contributed by atoms with Gasteiger partial charge in [0.2, 0.25) is 0 Å². The van der Waals surface area contributed by atoms with Crippen LogP contribution < -0.4 is 4.90 Å². The molecule has 0 radical (unpaired) electrons. The minimum Gasteiger partial charge on any atom is -0.478 e. The molecule has 1 saturated heterocycles. The van der Waals surface area contributed by atoms with Gasteiger partial charge in [0, 0.05) is 19.3 Å². The molecule has 2 heterocycles. The van der Waals surface area contributed by atoms with Gasteiger partial charge >= 0.3 is 5.97 Å². The van der Waals surface area contributed by atoms with E-state index in [1.165, 1.54) is 12.3 Å². The summed E-state index contributed by atoms with van der Waals surface area (Å²) in [6, 6.07) is 1.41. The molecule has 1 unspecified atom stereocenters. The third kappa shape index (κ3) is 3.36. The summed E-state index contributed by atoms with van der Waals surface area (Å²) in [7, 11) is 0. The van der Waals surface area contributed by atoms with Crippen molar-refractivity contribution in [1.29, 1.82) is 0 Å². The number of aliphatic hydroxyl groups is 1. The van der Waals surface area contributed by atoms with Crippen molar-refractivity contribution in [2.45, 2.75) is 31.8 Å². The summed E-state index contributed by atoms with van der Waals surface area (Å²) < 4.78 is 0. The number of carbonyl (C=O) groups is 1. The molecule has 104 valence electrons. The quantitative estimate of drug-likeness (QED) is 0.871. The first kappa shape index (κ1) is 14.1. The monoisotopic (exact) mass is 284 g/mol. The molecule has 0 spiro atoms. The van der Waals surface area contributed by atoms with Gasteiger partial charge < -0.3 is 15.1 Å². The van der Waals surface area contributed by atoms with Gasteiger partial charge in [0.25, 0.3) is 0 Å². The Hall–Kier alpha value is -1.33. The van der Waals surface area contributed by atoms with E-state index in [-0.39, 0.29) is 5.56 Å². The zero-order valence-electron chi connectivity index (χ0n) is 10.8. The van der Waals surface area contributed by atoms with Gasteiger partial charge in [-0.1, -0.05) is 11.6 Å². The fraction of sp³-hybridized carbons (Fsp3) is 0.538. The number of aromatic nitrogens is 1. The summed E-state index contributed by atoms with van der Waals surface area (Å²) in [6.07, 6.45) is 3.55. The van der Waals surface area contributed by atoms with E-state index >= 15 is 0 Å². The highest BCUT2D eigenvalue weighted by Gasteiger charge is 2.26. The van der Waals surface area contributed by atoms with Crippen LogP contribution in [0.15, 0.2) is 12.3 Å². The lowest BCUT2D eigenvalue weighted by atomic mass is 9.98. The van der Waals surface area contributed by atoms with Crippen molar-refractivity contribution in [3.8, 4) is 0 Å². The lowest BCUT2D eigenvalue weighted by molar-refractivity contribution is 0.0481. The van der Waals surface area contributed by atoms with Crippen molar-refractivity contribution >= 4 is 23.4 Å². The molecule has 0 amide bonds. The van der Waals surface area contributed by atoms with Crippen molar-refractivity contribution in [2.75, 3.05) is 18.0 Å². The molecular weight excluding hydrogens is 268 g/mol. The number of carboxylic acids is 1. The summed E-state index contributed by atoms with van der Waals surface area (Å²) >= 11 is 6.10. The van der Waals surface area contributed by atoms with Crippen molar-refractivity contribution < 1.29 is 15.0 Å². The topological polar surface area (TPSA) is 73.7 Å². The smallest absolute Gasteiger partial charge is 0.337 e. The normalized spacial score (nSPS) is 24.1. The first-order chi connectivity index (χ1) is 8.89. The highest BCUT2D eigenvalue weighted by Crippen LogP contribution is 2.29. The molecule has 0 aliphatic carbocycles. The van der Waals surface area contributed by atoms with Gasteiger partial charge in [-0.25, -0.2) is 9.78 Å². The molecule has 0 saturated carbocycles. The second kappa shape index (κ2) is 5.35. The second-order valence-electron chi connectivity index (χ2n) is 5.17. The molecule has 1 aliphatic rings. The van der Waals surface area contributed by atoms with Crippen LogP contribution in [0.3, 0.4) is 0 Å². The third-order valence-corrected chi connectivity index (χ3v) is 3.71. The zero-order chi connectivity index (χ0) is 14.0. The van der Waals surface area contributed by atoms with Crippen LogP contribution >= 0.6 is 11.6 Å². The van der Waals surface area contributed by atoms with E-state index in [1.54, 1.807) is 0 Å². The molecule has 1 fully saturated rings. The molecule has 2 N–H and O–H groups in total. The van der Waals surface area contributed by atoms with Crippen LogP contribution in [-0.2, 0) is 0 Å². The van der Waals surface area contributed by atoms with Gasteiger partial charge in [0.1, 0.15) is 5.82 Å².